The Morgan fingerprint density at radius 3 is 2.48 bits per heavy atom. The topological polar surface area (TPSA) is 71.1 Å². The summed E-state index contributed by atoms with van der Waals surface area (Å²) in [6.07, 6.45) is 1.51. The van der Waals surface area contributed by atoms with Crippen LogP contribution in [0.15, 0.2) is 64.4 Å². The number of fused-ring (bicyclic) bond motifs is 1. The van der Waals surface area contributed by atoms with Crippen molar-refractivity contribution in [3.8, 4) is 11.4 Å². The Bertz CT molecular complexity index is 1350. The second-order valence-electron chi connectivity index (χ2n) is 7.80. The van der Waals surface area contributed by atoms with Crippen molar-refractivity contribution in [2.75, 3.05) is 7.11 Å². The molecule has 0 radical (unpaired) electrons. The van der Waals surface area contributed by atoms with Crippen molar-refractivity contribution in [2.24, 2.45) is 5.92 Å². The van der Waals surface area contributed by atoms with Crippen molar-refractivity contribution < 1.29 is 9.13 Å². The number of halogens is 1. The van der Waals surface area contributed by atoms with Gasteiger partial charge in [0.2, 0.25) is 0 Å². The first-order chi connectivity index (χ1) is 14.9. The molecule has 160 valence electrons. The molecule has 0 fully saturated rings. The number of hydrogen-bond donors (Lipinski definition) is 0. The minimum atomic E-state index is -0.452. The van der Waals surface area contributed by atoms with Crippen LogP contribution in [0.25, 0.3) is 16.9 Å². The Hall–Kier alpha value is -3.68. The zero-order valence-corrected chi connectivity index (χ0v) is 17.6. The number of hydrogen-bond acceptors (Lipinski definition) is 4. The molecule has 31 heavy (non-hydrogen) atoms. The molecule has 0 unspecified atom stereocenters. The van der Waals surface area contributed by atoms with Gasteiger partial charge in [0.05, 0.1) is 19.1 Å². The predicted molar refractivity (Wildman–Crippen MR) is 116 cm³/mol. The molecule has 0 atom stereocenters. The molecule has 2 aromatic carbocycles. The number of rotatable bonds is 6. The Labute approximate surface area is 178 Å². The maximum atomic E-state index is 13.7. The quantitative estimate of drug-likeness (QED) is 0.478. The third kappa shape index (κ3) is 3.88. The van der Waals surface area contributed by atoms with E-state index >= 15 is 0 Å². The highest BCUT2D eigenvalue weighted by molar-refractivity contribution is 5.72. The molecular formula is C23H23FN4O3. The van der Waals surface area contributed by atoms with Crippen LogP contribution in [0.2, 0.25) is 0 Å². The molecule has 0 saturated carbocycles. The van der Waals surface area contributed by atoms with Gasteiger partial charge in [0, 0.05) is 13.1 Å². The van der Waals surface area contributed by atoms with Crippen molar-refractivity contribution in [1.82, 2.24) is 18.7 Å². The van der Waals surface area contributed by atoms with Gasteiger partial charge in [0.15, 0.2) is 11.2 Å². The van der Waals surface area contributed by atoms with Crippen LogP contribution in [-0.2, 0) is 13.1 Å². The van der Waals surface area contributed by atoms with E-state index in [2.05, 4.69) is 4.98 Å². The monoisotopic (exact) mass is 422 g/mol. The zero-order chi connectivity index (χ0) is 22.1. The molecular weight excluding hydrogens is 399 g/mol. The average molecular weight is 422 g/mol. The van der Waals surface area contributed by atoms with Gasteiger partial charge in [-0.15, -0.1) is 0 Å². The molecule has 0 N–H and O–H groups in total. The lowest BCUT2D eigenvalue weighted by atomic mass is 10.2. The SMILES string of the molecule is COc1ccc(-n2c(=O)n(CC(C)C)c(=O)c3c2ncn3Cc2cccc(F)c2)cc1. The summed E-state index contributed by atoms with van der Waals surface area (Å²) in [6, 6.07) is 13.2. The van der Waals surface area contributed by atoms with Crippen LogP contribution < -0.4 is 16.0 Å². The molecule has 4 aromatic rings. The van der Waals surface area contributed by atoms with Gasteiger partial charge in [-0.2, -0.15) is 0 Å². The standard InChI is InChI=1S/C23H23FN4O3/c1-15(2)12-27-22(29)20-21(25-14-26(20)13-16-5-4-6-17(24)11-16)28(23(27)30)18-7-9-19(31-3)10-8-18/h4-11,14-15H,12-13H2,1-3H3. The smallest absolute Gasteiger partial charge is 0.337 e. The molecule has 4 rings (SSSR count). The van der Waals surface area contributed by atoms with E-state index in [0.717, 1.165) is 0 Å². The van der Waals surface area contributed by atoms with Gasteiger partial charge in [0.1, 0.15) is 11.6 Å². The van der Waals surface area contributed by atoms with Crippen molar-refractivity contribution >= 4 is 11.2 Å². The minimum Gasteiger partial charge on any atom is -0.497 e. The minimum absolute atomic E-state index is 0.0896. The normalized spacial score (nSPS) is 11.4. The van der Waals surface area contributed by atoms with Gasteiger partial charge in [0.25, 0.3) is 5.56 Å². The largest absolute Gasteiger partial charge is 0.497 e. The zero-order valence-electron chi connectivity index (χ0n) is 17.6. The van der Waals surface area contributed by atoms with Crippen LogP contribution in [0.3, 0.4) is 0 Å². The van der Waals surface area contributed by atoms with Crippen molar-refractivity contribution in [3.63, 3.8) is 0 Å². The summed E-state index contributed by atoms with van der Waals surface area (Å²) in [4.78, 5) is 31.0. The van der Waals surface area contributed by atoms with Crippen LogP contribution in [0, 0.1) is 11.7 Å². The van der Waals surface area contributed by atoms with Gasteiger partial charge >= 0.3 is 5.69 Å². The summed E-state index contributed by atoms with van der Waals surface area (Å²) in [7, 11) is 1.57. The van der Waals surface area contributed by atoms with E-state index < -0.39 is 11.2 Å². The molecule has 0 aliphatic carbocycles. The second kappa shape index (κ2) is 8.22. The Morgan fingerprint density at radius 2 is 1.84 bits per heavy atom. The van der Waals surface area contributed by atoms with E-state index in [4.69, 9.17) is 4.74 Å². The molecule has 7 nitrogen and oxygen atoms in total. The Kier molecular flexibility index (Phi) is 5.46. The van der Waals surface area contributed by atoms with Crippen LogP contribution >= 0.6 is 0 Å². The number of ether oxygens (including phenoxy) is 1. The lowest BCUT2D eigenvalue weighted by Crippen LogP contribution is -2.41. The van der Waals surface area contributed by atoms with E-state index in [1.54, 1.807) is 48.1 Å². The van der Waals surface area contributed by atoms with Crippen LogP contribution in [0.1, 0.15) is 19.4 Å². The fourth-order valence-electron chi connectivity index (χ4n) is 3.62. The number of imidazole rings is 1. The lowest BCUT2D eigenvalue weighted by molar-refractivity contribution is 0.414. The summed E-state index contributed by atoms with van der Waals surface area (Å²) < 4.78 is 23.2. The average Bonchev–Trinajstić information content (AvgIpc) is 3.15. The second-order valence-corrected chi connectivity index (χ2v) is 7.80. The first-order valence-electron chi connectivity index (χ1n) is 9.98. The molecule has 0 amide bonds. The fourth-order valence-corrected chi connectivity index (χ4v) is 3.62. The van der Waals surface area contributed by atoms with E-state index in [9.17, 15) is 14.0 Å². The maximum Gasteiger partial charge on any atom is 0.337 e. The maximum absolute atomic E-state index is 13.7. The van der Waals surface area contributed by atoms with E-state index in [-0.39, 0.29) is 30.5 Å². The van der Waals surface area contributed by atoms with Crippen LogP contribution in [0.4, 0.5) is 4.39 Å². The molecule has 2 aromatic heterocycles. The molecule has 2 heterocycles. The van der Waals surface area contributed by atoms with E-state index in [0.29, 0.717) is 22.5 Å². The lowest BCUT2D eigenvalue weighted by Gasteiger charge is -2.14. The summed E-state index contributed by atoms with van der Waals surface area (Å²) >= 11 is 0. The Morgan fingerprint density at radius 1 is 1.10 bits per heavy atom. The van der Waals surface area contributed by atoms with Crippen molar-refractivity contribution in [2.45, 2.75) is 26.9 Å². The summed E-state index contributed by atoms with van der Waals surface area (Å²) in [5.41, 5.74) is 0.956. The van der Waals surface area contributed by atoms with Gasteiger partial charge in [-0.05, 0) is 47.9 Å². The van der Waals surface area contributed by atoms with Crippen molar-refractivity contribution in [3.05, 3.63) is 87.1 Å². The predicted octanol–water partition coefficient (Wildman–Crippen LogP) is 3.20. The molecule has 8 heteroatoms. The Balaban J connectivity index is 1.97. The molecule has 0 spiro atoms. The van der Waals surface area contributed by atoms with Gasteiger partial charge in [-0.25, -0.2) is 18.7 Å². The van der Waals surface area contributed by atoms with Crippen molar-refractivity contribution in [1.29, 1.82) is 0 Å². The number of aromatic nitrogens is 4. The van der Waals surface area contributed by atoms with E-state index in [1.165, 1.54) is 27.6 Å². The first kappa shape index (κ1) is 20.6. The third-order valence-electron chi connectivity index (χ3n) is 5.02. The summed E-state index contributed by atoms with van der Waals surface area (Å²) in [5.74, 6) is 0.390. The van der Waals surface area contributed by atoms with E-state index in [1.807, 2.05) is 13.8 Å². The molecule has 0 aliphatic heterocycles. The number of methoxy groups -OCH3 is 1. The highest BCUT2D eigenvalue weighted by Gasteiger charge is 2.20. The fraction of sp³-hybridized carbons (Fsp3) is 0.261. The summed E-state index contributed by atoms with van der Waals surface area (Å²) in [6.45, 7) is 4.41. The highest BCUT2D eigenvalue weighted by Crippen LogP contribution is 2.18. The van der Waals surface area contributed by atoms with Gasteiger partial charge < -0.3 is 9.30 Å². The molecule has 0 aliphatic rings. The van der Waals surface area contributed by atoms with Crippen LogP contribution in [0.5, 0.6) is 5.75 Å². The highest BCUT2D eigenvalue weighted by atomic mass is 19.1. The van der Waals surface area contributed by atoms with Crippen LogP contribution in [-0.4, -0.2) is 25.8 Å². The number of nitrogens with zero attached hydrogens (tertiary/aromatic N) is 4. The first-order valence-corrected chi connectivity index (χ1v) is 9.98. The number of benzene rings is 2. The third-order valence-corrected chi connectivity index (χ3v) is 5.02. The van der Waals surface area contributed by atoms with Gasteiger partial charge in [-0.1, -0.05) is 26.0 Å². The molecule has 0 saturated heterocycles. The summed E-state index contributed by atoms with van der Waals surface area (Å²) in [5, 5.41) is 0. The molecule has 0 bridgehead atoms. The van der Waals surface area contributed by atoms with Gasteiger partial charge in [-0.3, -0.25) is 9.36 Å².